The number of hydrogen-bond donors (Lipinski definition) is 1. The van der Waals surface area contributed by atoms with E-state index in [1.807, 2.05) is 19.9 Å². The first-order valence-corrected chi connectivity index (χ1v) is 10.0. The molecular formula is C24H27N3O. The van der Waals surface area contributed by atoms with Gasteiger partial charge in [-0.3, -0.25) is 9.36 Å². The zero-order chi connectivity index (χ0) is 19.7. The molecule has 0 amide bonds. The van der Waals surface area contributed by atoms with Crippen molar-refractivity contribution in [2.75, 3.05) is 0 Å². The summed E-state index contributed by atoms with van der Waals surface area (Å²) >= 11 is 0. The molecule has 1 aliphatic rings. The first-order chi connectivity index (χ1) is 13.5. The first-order valence-electron chi connectivity index (χ1n) is 10.0. The summed E-state index contributed by atoms with van der Waals surface area (Å²) in [6.07, 6.45) is 4.10. The standard InChI is InChI=1S/C24H27N3O/c1-16(2)27-15-26-22-12-11-21(25)20(23(22)24(27)28)14-17-7-6-10-19(13-17)18-8-4-3-5-9-18/h3-10,13,15-16,20-21H,11-12,14,25H2,1-2H3/t20-,21-/m0/s1. The lowest BCUT2D eigenvalue weighted by molar-refractivity contribution is 0.442. The van der Waals surface area contributed by atoms with Gasteiger partial charge in [-0.05, 0) is 49.8 Å². The van der Waals surface area contributed by atoms with Gasteiger partial charge in [0.1, 0.15) is 0 Å². The van der Waals surface area contributed by atoms with Crippen molar-refractivity contribution in [3.8, 4) is 11.1 Å². The molecule has 0 unspecified atom stereocenters. The zero-order valence-corrected chi connectivity index (χ0v) is 16.5. The Morgan fingerprint density at radius 1 is 1.11 bits per heavy atom. The van der Waals surface area contributed by atoms with Crippen LogP contribution in [0.15, 0.2) is 65.7 Å². The van der Waals surface area contributed by atoms with Crippen LogP contribution in [0, 0.1) is 0 Å². The molecule has 0 aliphatic heterocycles. The Labute approximate surface area is 166 Å². The van der Waals surface area contributed by atoms with Crippen LogP contribution in [0.2, 0.25) is 0 Å². The lowest BCUT2D eigenvalue weighted by Crippen LogP contribution is -2.41. The van der Waals surface area contributed by atoms with Gasteiger partial charge in [-0.2, -0.15) is 0 Å². The third-order valence-corrected chi connectivity index (χ3v) is 5.76. The van der Waals surface area contributed by atoms with Gasteiger partial charge in [0.2, 0.25) is 0 Å². The van der Waals surface area contributed by atoms with Crippen molar-refractivity contribution < 1.29 is 0 Å². The molecule has 0 fully saturated rings. The molecule has 3 aromatic rings. The van der Waals surface area contributed by atoms with Crippen molar-refractivity contribution in [1.82, 2.24) is 9.55 Å². The molecular weight excluding hydrogens is 346 g/mol. The summed E-state index contributed by atoms with van der Waals surface area (Å²) in [5.41, 5.74) is 11.9. The zero-order valence-electron chi connectivity index (χ0n) is 16.5. The van der Waals surface area contributed by atoms with Gasteiger partial charge in [-0.1, -0.05) is 54.6 Å². The minimum atomic E-state index is -0.0228. The molecule has 28 heavy (non-hydrogen) atoms. The molecule has 1 aromatic heterocycles. The van der Waals surface area contributed by atoms with Crippen molar-refractivity contribution in [1.29, 1.82) is 0 Å². The largest absolute Gasteiger partial charge is 0.327 e. The fourth-order valence-corrected chi connectivity index (χ4v) is 4.19. The highest BCUT2D eigenvalue weighted by molar-refractivity contribution is 5.64. The smallest absolute Gasteiger partial charge is 0.257 e. The first kappa shape index (κ1) is 18.6. The van der Waals surface area contributed by atoms with Crippen LogP contribution >= 0.6 is 0 Å². The van der Waals surface area contributed by atoms with Gasteiger partial charge in [0.15, 0.2) is 0 Å². The second kappa shape index (κ2) is 7.72. The van der Waals surface area contributed by atoms with Crippen LogP contribution in [-0.2, 0) is 12.8 Å². The number of nitrogens with two attached hydrogens (primary N) is 1. The van der Waals surface area contributed by atoms with Crippen molar-refractivity contribution >= 4 is 0 Å². The highest BCUT2D eigenvalue weighted by atomic mass is 16.1. The van der Waals surface area contributed by atoms with Gasteiger partial charge in [-0.15, -0.1) is 0 Å². The number of fused-ring (bicyclic) bond motifs is 1. The Bertz CT molecular complexity index is 1020. The topological polar surface area (TPSA) is 60.9 Å². The second-order valence-corrected chi connectivity index (χ2v) is 7.99. The van der Waals surface area contributed by atoms with Crippen molar-refractivity contribution in [2.24, 2.45) is 5.73 Å². The summed E-state index contributed by atoms with van der Waals surface area (Å²) in [7, 11) is 0. The van der Waals surface area contributed by atoms with Gasteiger partial charge in [0.05, 0.1) is 12.0 Å². The van der Waals surface area contributed by atoms with E-state index < -0.39 is 0 Å². The van der Waals surface area contributed by atoms with Gasteiger partial charge in [0, 0.05) is 23.6 Å². The molecule has 1 aliphatic carbocycles. The van der Waals surface area contributed by atoms with Crippen LogP contribution in [-0.4, -0.2) is 15.6 Å². The maximum atomic E-state index is 13.2. The van der Waals surface area contributed by atoms with E-state index in [0.717, 1.165) is 30.5 Å². The average Bonchev–Trinajstić information content (AvgIpc) is 2.71. The van der Waals surface area contributed by atoms with E-state index in [1.54, 1.807) is 10.9 Å². The fraction of sp³-hybridized carbons (Fsp3) is 0.333. The molecule has 0 saturated heterocycles. The number of benzene rings is 2. The molecule has 0 bridgehead atoms. The van der Waals surface area contributed by atoms with E-state index in [0.29, 0.717) is 0 Å². The monoisotopic (exact) mass is 373 g/mol. The number of nitrogens with zero attached hydrogens (tertiary/aromatic N) is 2. The minimum Gasteiger partial charge on any atom is -0.327 e. The Morgan fingerprint density at radius 2 is 1.86 bits per heavy atom. The van der Waals surface area contributed by atoms with E-state index in [1.165, 1.54) is 16.7 Å². The van der Waals surface area contributed by atoms with Crippen molar-refractivity contribution in [3.05, 3.63) is 88.1 Å². The van der Waals surface area contributed by atoms with Gasteiger partial charge in [0.25, 0.3) is 5.56 Å². The van der Waals surface area contributed by atoms with E-state index in [9.17, 15) is 4.79 Å². The Hall–Kier alpha value is -2.72. The van der Waals surface area contributed by atoms with Crippen LogP contribution in [0.5, 0.6) is 0 Å². The summed E-state index contributed by atoms with van der Waals surface area (Å²) in [5, 5.41) is 0. The summed E-state index contributed by atoms with van der Waals surface area (Å²) in [5.74, 6) is 0.000901. The van der Waals surface area contributed by atoms with Gasteiger partial charge in [-0.25, -0.2) is 4.98 Å². The molecule has 144 valence electrons. The lowest BCUT2D eigenvalue weighted by atomic mass is 9.78. The summed E-state index contributed by atoms with van der Waals surface area (Å²) in [6.45, 7) is 4.02. The Balaban J connectivity index is 1.72. The number of rotatable bonds is 4. The third kappa shape index (κ3) is 3.52. The molecule has 0 saturated carbocycles. The Morgan fingerprint density at radius 3 is 2.61 bits per heavy atom. The molecule has 1 heterocycles. The van der Waals surface area contributed by atoms with E-state index in [2.05, 4.69) is 53.5 Å². The molecule has 0 spiro atoms. The molecule has 4 nitrogen and oxygen atoms in total. The van der Waals surface area contributed by atoms with E-state index in [4.69, 9.17) is 5.73 Å². The molecule has 4 rings (SSSR count). The highest BCUT2D eigenvalue weighted by Gasteiger charge is 2.31. The minimum absolute atomic E-state index is 0.000901. The number of aryl methyl sites for hydroxylation is 1. The van der Waals surface area contributed by atoms with E-state index >= 15 is 0 Å². The highest BCUT2D eigenvalue weighted by Crippen LogP contribution is 2.31. The molecule has 2 N–H and O–H groups in total. The summed E-state index contributed by atoms with van der Waals surface area (Å²) < 4.78 is 1.73. The maximum Gasteiger partial charge on any atom is 0.257 e. The summed E-state index contributed by atoms with van der Waals surface area (Å²) in [6, 6.07) is 19.0. The Kier molecular flexibility index (Phi) is 5.14. The van der Waals surface area contributed by atoms with E-state index in [-0.39, 0.29) is 23.6 Å². The normalized spacial score (nSPS) is 18.9. The van der Waals surface area contributed by atoms with Crippen LogP contribution in [0.25, 0.3) is 11.1 Å². The van der Waals surface area contributed by atoms with Gasteiger partial charge < -0.3 is 5.73 Å². The average molecular weight is 374 g/mol. The molecule has 2 atom stereocenters. The maximum absolute atomic E-state index is 13.2. The van der Waals surface area contributed by atoms with Gasteiger partial charge >= 0.3 is 0 Å². The van der Waals surface area contributed by atoms with Crippen LogP contribution in [0.4, 0.5) is 0 Å². The molecule has 0 radical (unpaired) electrons. The fourth-order valence-electron chi connectivity index (χ4n) is 4.19. The third-order valence-electron chi connectivity index (χ3n) is 5.76. The van der Waals surface area contributed by atoms with Crippen LogP contribution < -0.4 is 11.3 Å². The number of hydrogen-bond acceptors (Lipinski definition) is 3. The van der Waals surface area contributed by atoms with Crippen LogP contribution in [0.1, 0.15) is 49.0 Å². The lowest BCUT2D eigenvalue weighted by Gasteiger charge is -2.31. The van der Waals surface area contributed by atoms with Crippen LogP contribution in [0.3, 0.4) is 0 Å². The van der Waals surface area contributed by atoms with Crippen molar-refractivity contribution in [3.63, 3.8) is 0 Å². The predicted molar refractivity (Wildman–Crippen MR) is 114 cm³/mol. The number of aromatic nitrogens is 2. The van der Waals surface area contributed by atoms with Crippen molar-refractivity contribution in [2.45, 2.75) is 51.1 Å². The second-order valence-electron chi connectivity index (χ2n) is 7.99. The molecule has 2 aromatic carbocycles. The molecule has 4 heteroatoms. The summed E-state index contributed by atoms with van der Waals surface area (Å²) in [4.78, 5) is 17.8. The quantitative estimate of drug-likeness (QED) is 0.749. The predicted octanol–water partition coefficient (Wildman–Crippen LogP) is 4.09. The SMILES string of the molecule is CC(C)n1cnc2c(c1=O)[C@@H](Cc1cccc(-c3ccccc3)c1)[C@@H](N)CC2.